The zero-order valence-corrected chi connectivity index (χ0v) is 17.8. The molecule has 160 valence electrons. The molecule has 0 unspecified atom stereocenters. The summed E-state index contributed by atoms with van der Waals surface area (Å²) in [5, 5.41) is 8.74. The number of aryl methyl sites for hydroxylation is 1. The van der Waals surface area contributed by atoms with Crippen LogP contribution in [0.15, 0.2) is 55.0 Å². The van der Waals surface area contributed by atoms with Crippen molar-refractivity contribution in [3.63, 3.8) is 0 Å². The van der Waals surface area contributed by atoms with Gasteiger partial charge in [-0.15, -0.1) is 0 Å². The third-order valence-electron chi connectivity index (χ3n) is 6.57. The number of carbonyl (C=O) groups is 1. The molecule has 2 atom stereocenters. The second-order valence-electron chi connectivity index (χ2n) is 8.62. The highest BCUT2D eigenvalue weighted by molar-refractivity contribution is 5.88. The van der Waals surface area contributed by atoms with Crippen molar-refractivity contribution in [2.75, 3.05) is 23.3 Å². The normalized spacial score (nSPS) is 20.2. The van der Waals surface area contributed by atoms with Crippen molar-refractivity contribution in [1.29, 1.82) is 0 Å². The van der Waals surface area contributed by atoms with Gasteiger partial charge < -0.3 is 10.2 Å². The maximum atomic E-state index is 12.2. The number of carbonyl (C=O) groups excluding carboxylic acids is 1. The molecule has 1 aliphatic carbocycles. The topological polar surface area (TPSA) is 88.8 Å². The summed E-state index contributed by atoms with van der Waals surface area (Å²) in [6.07, 6.45) is 7.39. The summed E-state index contributed by atoms with van der Waals surface area (Å²) in [7, 11) is 1.94. The highest BCUT2D eigenvalue weighted by Crippen LogP contribution is 2.34. The smallest absolute Gasteiger partial charge is 0.227 e. The molecule has 3 aromatic heterocycles. The first-order chi connectivity index (χ1) is 15.6. The van der Waals surface area contributed by atoms with Gasteiger partial charge in [0, 0.05) is 49.8 Å². The molecule has 6 rings (SSSR count). The number of Topliss-reactive ketones (excluding diaryl/α,β-unsaturated/α-hetero) is 1. The van der Waals surface area contributed by atoms with E-state index in [-0.39, 0.29) is 11.8 Å². The highest BCUT2D eigenvalue weighted by Gasteiger charge is 2.41. The Kier molecular flexibility index (Phi) is 4.38. The summed E-state index contributed by atoms with van der Waals surface area (Å²) in [4.78, 5) is 28.0. The fraction of sp³-hybridized carbons (Fsp3) is 0.292. The molecule has 1 aromatic carbocycles. The van der Waals surface area contributed by atoms with Crippen LogP contribution in [-0.2, 0) is 11.8 Å². The van der Waals surface area contributed by atoms with Crippen LogP contribution in [0.25, 0.3) is 22.0 Å². The first-order valence-corrected chi connectivity index (χ1v) is 10.9. The van der Waals surface area contributed by atoms with Crippen LogP contribution in [-0.4, -0.2) is 43.6 Å². The van der Waals surface area contributed by atoms with E-state index < -0.39 is 0 Å². The number of hydrogen-bond donors (Lipinski definition) is 1. The molecule has 1 saturated heterocycles. The number of nitrogens with one attached hydrogen (secondary N) is 1. The van der Waals surface area contributed by atoms with Gasteiger partial charge in [0.25, 0.3) is 0 Å². The second-order valence-corrected chi connectivity index (χ2v) is 8.62. The van der Waals surface area contributed by atoms with Crippen LogP contribution in [0.2, 0.25) is 0 Å². The van der Waals surface area contributed by atoms with E-state index in [1.165, 1.54) is 0 Å². The van der Waals surface area contributed by atoms with Crippen molar-refractivity contribution in [2.24, 2.45) is 18.9 Å². The van der Waals surface area contributed by atoms with Crippen LogP contribution in [0, 0.1) is 11.8 Å². The number of fused-ring (bicyclic) bond motifs is 3. The van der Waals surface area contributed by atoms with Crippen molar-refractivity contribution >= 4 is 34.3 Å². The number of rotatable bonds is 4. The second kappa shape index (κ2) is 7.40. The quantitative estimate of drug-likeness (QED) is 0.534. The SMILES string of the molecule is Cn1ncc2cc(-c3ccnc(Nc4ccnc(N5C[C@H]6CC[C@@H](C5)C6=O)n4)c3)ccc21. The molecule has 1 saturated carbocycles. The minimum Gasteiger partial charge on any atom is -0.339 e. The molecule has 4 aromatic rings. The minimum absolute atomic E-state index is 0.129. The monoisotopic (exact) mass is 425 g/mol. The Labute approximate surface area is 185 Å². The number of pyridine rings is 1. The Hall–Kier alpha value is -3.81. The Morgan fingerprint density at radius 2 is 1.72 bits per heavy atom. The van der Waals surface area contributed by atoms with Gasteiger partial charge in [0.2, 0.25) is 5.95 Å². The summed E-state index contributed by atoms with van der Waals surface area (Å²) < 4.78 is 1.87. The van der Waals surface area contributed by atoms with Crippen molar-refractivity contribution in [2.45, 2.75) is 12.8 Å². The standard InChI is InChI=1S/C24H23N7O/c1-30-20-5-4-15(10-19(20)12-27-30)16-6-8-25-22(11-16)28-21-7-9-26-24(29-21)31-13-17-2-3-18(14-31)23(17)32/h4-12,17-18H,2-3,13-14H2,1H3,(H,25,26,28,29)/t17-,18+. The molecule has 1 aliphatic heterocycles. The molecule has 2 aliphatic rings. The lowest BCUT2D eigenvalue weighted by Gasteiger charge is -2.30. The lowest BCUT2D eigenvalue weighted by atomic mass is 9.97. The van der Waals surface area contributed by atoms with Gasteiger partial charge in [-0.2, -0.15) is 10.1 Å². The fourth-order valence-corrected chi connectivity index (χ4v) is 4.88. The average molecular weight is 425 g/mol. The maximum Gasteiger partial charge on any atom is 0.227 e. The van der Waals surface area contributed by atoms with Gasteiger partial charge in [0.1, 0.15) is 17.4 Å². The van der Waals surface area contributed by atoms with Crippen LogP contribution in [0.1, 0.15) is 12.8 Å². The third kappa shape index (κ3) is 3.28. The minimum atomic E-state index is 0.129. The van der Waals surface area contributed by atoms with Crippen LogP contribution < -0.4 is 10.2 Å². The van der Waals surface area contributed by atoms with E-state index in [1.54, 1.807) is 12.4 Å². The van der Waals surface area contributed by atoms with Gasteiger partial charge >= 0.3 is 0 Å². The molecule has 0 radical (unpaired) electrons. The first kappa shape index (κ1) is 18.9. The summed E-state index contributed by atoms with van der Waals surface area (Å²) in [6.45, 7) is 1.42. The molecule has 8 heteroatoms. The van der Waals surface area contributed by atoms with Gasteiger partial charge in [-0.3, -0.25) is 9.48 Å². The third-order valence-corrected chi connectivity index (χ3v) is 6.57. The summed E-state index contributed by atoms with van der Waals surface area (Å²) in [5.74, 6) is 2.74. The van der Waals surface area contributed by atoms with E-state index in [9.17, 15) is 4.79 Å². The van der Waals surface area contributed by atoms with E-state index in [0.717, 1.165) is 34.9 Å². The van der Waals surface area contributed by atoms with Crippen molar-refractivity contribution in [3.05, 3.63) is 55.0 Å². The number of hydrogen-bond acceptors (Lipinski definition) is 7. The summed E-state index contributed by atoms with van der Waals surface area (Å²) in [5.41, 5.74) is 3.27. The number of piperidine rings is 1. The predicted molar refractivity (Wildman–Crippen MR) is 123 cm³/mol. The van der Waals surface area contributed by atoms with E-state index >= 15 is 0 Å². The van der Waals surface area contributed by atoms with Gasteiger partial charge in [0.15, 0.2) is 0 Å². The number of benzene rings is 1. The van der Waals surface area contributed by atoms with E-state index in [1.807, 2.05) is 36.1 Å². The zero-order chi connectivity index (χ0) is 21.7. The number of nitrogens with zero attached hydrogens (tertiary/aromatic N) is 6. The van der Waals surface area contributed by atoms with Gasteiger partial charge in [-0.25, -0.2) is 9.97 Å². The lowest BCUT2D eigenvalue weighted by molar-refractivity contribution is -0.124. The molecule has 2 fully saturated rings. The molecular formula is C24H23N7O. The number of ketones is 1. The van der Waals surface area contributed by atoms with E-state index in [0.29, 0.717) is 36.5 Å². The zero-order valence-electron chi connectivity index (χ0n) is 17.8. The molecular weight excluding hydrogens is 402 g/mol. The molecule has 32 heavy (non-hydrogen) atoms. The van der Waals surface area contributed by atoms with Gasteiger partial charge in [-0.05, 0) is 54.3 Å². The summed E-state index contributed by atoms with van der Waals surface area (Å²) >= 11 is 0. The molecule has 8 nitrogen and oxygen atoms in total. The molecule has 0 spiro atoms. The fourth-order valence-electron chi connectivity index (χ4n) is 4.88. The number of aromatic nitrogens is 5. The Balaban J connectivity index is 1.24. The largest absolute Gasteiger partial charge is 0.339 e. The van der Waals surface area contributed by atoms with Crippen molar-refractivity contribution in [1.82, 2.24) is 24.7 Å². The van der Waals surface area contributed by atoms with Gasteiger partial charge in [0.05, 0.1) is 11.7 Å². The lowest BCUT2D eigenvalue weighted by Crippen LogP contribution is -2.43. The Bertz CT molecular complexity index is 1310. The molecule has 1 N–H and O–H groups in total. The average Bonchev–Trinajstić information content (AvgIpc) is 3.26. The Morgan fingerprint density at radius 1 is 0.938 bits per heavy atom. The first-order valence-electron chi connectivity index (χ1n) is 10.9. The van der Waals surface area contributed by atoms with Crippen LogP contribution in [0.5, 0.6) is 0 Å². The van der Waals surface area contributed by atoms with Crippen LogP contribution in [0.4, 0.5) is 17.6 Å². The van der Waals surface area contributed by atoms with Gasteiger partial charge in [-0.1, -0.05) is 6.07 Å². The van der Waals surface area contributed by atoms with Crippen LogP contribution >= 0.6 is 0 Å². The maximum absolute atomic E-state index is 12.2. The molecule has 4 heterocycles. The van der Waals surface area contributed by atoms with Crippen molar-refractivity contribution < 1.29 is 4.79 Å². The number of anilines is 3. The predicted octanol–water partition coefficient (Wildman–Crippen LogP) is 3.58. The Morgan fingerprint density at radius 3 is 2.56 bits per heavy atom. The highest BCUT2D eigenvalue weighted by atomic mass is 16.1. The van der Waals surface area contributed by atoms with Crippen LogP contribution in [0.3, 0.4) is 0 Å². The van der Waals surface area contributed by atoms with E-state index in [2.05, 4.69) is 43.5 Å². The van der Waals surface area contributed by atoms with E-state index in [4.69, 9.17) is 4.98 Å². The summed E-state index contributed by atoms with van der Waals surface area (Å²) in [6, 6.07) is 12.2. The molecule has 2 bridgehead atoms. The van der Waals surface area contributed by atoms with Crippen molar-refractivity contribution in [3.8, 4) is 11.1 Å². The molecule has 0 amide bonds.